The van der Waals surface area contributed by atoms with Crippen molar-refractivity contribution in [1.82, 2.24) is 4.98 Å². The molecule has 3 N–H and O–H groups in total. The Morgan fingerprint density at radius 1 is 1.35 bits per heavy atom. The Labute approximate surface area is 98.6 Å². The van der Waals surface area contributed by atoms with E-state index in [2.05, 4.69) is 4.98 Å². The first-order chi connectivity index (χ1) is 8.08. The third kappa shape index (κ3) is 2.30. The van der Waals surface area contributed by atoms with Crippen LogP contribution >= 0.6 is 0 Å². The van der Waals surface area contributed by atoms with Crippen LogP contribution in [0.5, 0.6) is 0 Å². The van der Waals surface area contributed by atoms with Gasteiger partial charge in [0, 0.05) is 11.8 Å². The lowest BCUT2D eigenvalue weighted by atomic mass is 10.1. The van der Waals surface area contributed by atoms with Crippen LogP contribution in [-0.4, -0.2) is 10.7 Å². The van der Waals surface area contributed by atoms with E-state index in [1.165, 1.54) is 12.1 Å². The molecule has 0 saturated heterocycles. The van der Waals surface area contributed by atoms with Gasteiger partial charge in [-0.1, -0.05) is 12.1 Å². The quantitative estimate of drug-likeness (QED) is 0.777. The zero-order chi connectivity index (χ0) is 12.4. The van der Waals surface area contributed by atoms with Gasteiger partial charge in [-0.3, -0.25) is 10.4 Å². The van der Waals surface area contributed by atoms with Crippen molar-refractivity contribution in [3.8, 4) is 0 Å². The Bertz CT molecular complexity index is 579. The molecule has 0 aliphatic heterocycles. The second kappa shape index (κ2) is 4.33. The minimum absolute atomic E-state index is 0.127. The topological polar surface area (TPSA) is 62.8 Å². The molecular weight excluding hydrogens is 217 g/mol. The highest BCUT2D eigenvalue weighted by Gasteiger charge is 2.10. The standard InChI is InChI=1S/C13H12FN3/c1-8-5-11(15)13(17-7-8)12(16)9-3-2-4-10(14)6-9/h2-7,16H,15H2,1H3. The monoisotopic (exact) mass is 229 g/mol. The number of nitrogens with two attached hydrogens (primary N) is 1. The van der Waals surface area contributed by atoms with Crippen molar-refractivity contribution in [2.24, 2.45) is 0 Å². The van der Waals surface area contributed by atoms with E-state index < -0.39 is 0 Å². The Balaban J connectivity index is 2.44. The average Bonchev–Trinajstić information content (AvgIpc) is 2.28. The number of benzene rings is 1. The van der Waals surface area contributed by atoms with Crippen molar-refractivity contribution < 1.29 is 4.39 Å². The van der Waals surface area contributed by atoms with Crippen LogP contribution in [-0.2, 0) is 0 Å². The average molecular weight is 229 g/mol. The Kier molecular flexibility index (Phi) is 2.87. The SMILES string of the molecule is Cc1cnc(C(=N)c2cccc(F)c2)c(N)c1. The van der Waals surface area contributed by atoms with Gasteiger partial charge >= 0.3 is 0 Å². The zero-order valence-corrected chi connectivity index (χ0v) is 9.37. The number of aromatic nitrogens is 1. The number of pyridine rings is 1. The minimum atomic E-state index is -0.377. The Morgan fingerprint density at radius 3 is 2.76 bits per heavy atom. The summed E-state index contributed by atoms with van der Waals surface area (Å²) in [5, 5.41) is 7.97. The predicted octanol–water partition coefficient (Wildman–Crippen LogP) is 2.53. The second-order valence-electron chi connectivity index (χ2n) is 3.84. The van der Waals surface area contributed by atoms with Crippen LogP contribution in [0.2, 0.25) is 0 Å². The first-order valence-corrected chi connectivity index (χ1v) is 5.15. The van der Waals surface area contributed by atoms with Gasteiger partial charge < -0.3 is 5.73 Å². The maximum Gasteiger partial charge on any atom is 0.123 e. The molecule has 17 heavy (non-hydrogen) atoms. The molecule has 0 radical (unpaired) electrons. The Hall–Kier alpha value is -2.23. The summed E-state index contributed by atoms with van der Waals surface area (Å²) in [6.45, 7) is 1.87. The third-order valence-corrected chi connectivity index (χ3v) is 2.40. The molecule has 0 saturated carbocycles. The van der Waals surface area contributed by atoms with E-state index >= 15 is 0 Å². The lowest BCUT2D eigenvalue weighted by Crippen LogP contribution is -2.08. The molecule has 4 heteroatoms. The van der Waals surface area contributed by atoms with E-state index in [9.17, 15) is 4.39 Å². The number of hydrogen-bond donors (Lipinski definition) is 2. The van der Waals surface area contributed by atoms with Gasteiger partial charge in [0.25, 0.3) is 0 Å². The summed E-state index contributed by atoms with van der Waals surface area (Å²) < 4.78 is 13.1. The molecule has 0 atom stereocenters. The van der Waals surface area contributed by atoms with E-state index in [4.69, 9.17) is 11.1 Å². The highest BCUT2D eigenvalue weighted by Crippen LogP contribution is 2.16. The van der Waals surface area contributed by atoms with Crippen LogP contribution in [0.1, 0.15) is 16.8 Å². The van der Waals surface area contributed by atoms with Gasteiger partial charge in [0.05, 0.1) is 11.4 Å². The van der Waals surface area contributed by atoms with Crippen molar-refractivity contribution in [1.29, 1.82) is 5.41 Å². The number of aryl methyl sites for hydroxylation is 1. The molecule has 2 rings (SSSR count). The molecule has 0 fully saturated rings. The van der Waals surface area contributed by atoms with Crippen molar-refractivity contribution >= 4 is 11.4 Å². The number of nitrogens with zero attached hydrogens (tertiary/aromatic N) is 1. The van der Waals surface area contributed by atoms with Gasteiger partial charge in [0.2, 0.25) is 0 Å². The van der Waals surface area contributed by atoms with E-state index in [0.717, 1.165) is 5.56 Å². The molecule has 0 aliphatic carbocycles. The maximum atomic E-state index is 13.1. The van der Waals surface area contributed by atoms with Gasteiger partial charge in [0.1, 0.15) is 11.5 Å². The summed E-state index contributed by atoms with van der Waals surface area (Å²) in [6, 6.07) is 7.60. The fraction of sp³-hybridized carbons (Fsp3) is 0.0769. The molecular formula is C13H12FN3. The number of anilines is 1. The van der Waals surface area contributed by atoms with Crippen LogP contribution < -0.4 is 5.73 Å². The van der Waals surface area contributed by atoms with Crippen LogP contribution in [0.3, 0.4) is 0 Å². The van der Waals surface area contributed by atoms with E-state index in [-0.39, 0.29) is 11.5 Å². The molecule has 3 nitrogen and oxygen atoms in total. The summed E-state index contributed by atoms with van der Waals surface area (Å²) in [5.41, 5.74) is 8.13. The van der Waals surface area contributed by atoms with Crippen LogP contribution in [0, 0.1) is 18.2 Å². The molecule has 0 amide bonds. The molecule has 0 bridgehead atoms. The summed E-state index contributed by atoms with van der Waals surface area (Å²) >= 11 is 0. The molecule has 0 spiro atoms. The van der Waals surface area contributed by atoms with Crippen LogP contribution in [0.4, 0.5) is 10.1 Å². The highest BCUT2D eigenvalue weighted by molar-refractivity contribution is 6.12. The van der Waals surface area contributed by atoms with Crippen molar-refractivity contribution in [2.75, 3.05) is 5.73 Å². The first kappa shape index (κ1) is 11.3. The molecule has 2 aromatic rings. The van der Waals surface area contributed by atoms with E-state index in [0.29, 0.717) is 16.9 Å². The van der Waals surface area contributed by atoms with Crippen LogP contribution in [0.25, 0.3) is 0 Å². The van der Waals surface area contributed by atoms with Gasteiger partial charge in [0.15, 0.2) is 0 Å². The summed E-state index contributed by atoms with van der Waals surface area (Å²) in [5.74, 6) is -0.377. The lowest BCUT2D eigenvalue weighted by Gasteiger charge is -2.07. The van der Waals surface area contributed by atoms with E-state index in [1.54, 1.807) is 24.4 Å². The highest BCUT2D eigenvalue weighted by atomic mass is 19.1. The van der Waals surface area contributed by atoms with Crippen molar-refractivity contribution in [3.63, 3.8) is 0 Å². The largest absolute Gasteiger partial charge is 0.397 e. The molecule has 1 aromatic carbocycles. The molecule has 1 heterocycles. The maximum absolute atomic E-state index is 13.1. The van der Waals surface area contributed by atoms with Gasteiger partial charge in [-0.2, -0.15) is 0 Å². The number of nitrogen functional groups attached to an aromatic ring is 1. The van der Waals surface area contributed by atoms with E-state index in [1.807, 2.05) is 6.92 Å². The Morgan fingerprint density at radius 2 is 2.12 bits per heavy atom. The zero-order valence-electron chi connectivity index (χ0n) is 9.37. The second-order valence-corrected chi connectivity index (χ2v) is 3.84. The van der Waals surface area contributed by atoms with Crippen molar-refractivity contribution in [2.45, 2.75) is 6.92 Å². The minimum Gasteiger partial charge on any atom is -0.397 e. The molecule has 86 valence electrons. The lowest BCUT2D eigenvalue weighted by molar-refractivity contribution is 0.627. The summed E-state index contributed by atoms with van der Waals surface area (Å²) in [6.07, 6.45) is 1.64. The summed E-state index contributed by atoms with van der Waals surface area (Å²) in [7, 11) is 0. The number of hydrogen-bond acceptors (Lipinski definition) is 3. The number of rotatable bonds is 2. The molecule has 1 aromatic heterocycles. The molecule has 0 aliphatic rings. The fourth-order valence-electron chi connectivity index (χ4n) is 1.58. The van der Waals surface area contributed by atoms with Gasteiger partial charge in [-0.15, -0.1) is 0 Å². The molecule has 0 unspecified atom stereocenters. The number of nitrogens with one attached hydrogen (secondary N) is 1. The first-order valence-electron chi connectivity index (χ1n) is 5.15. The smallest absolute Gasteiger partial charge is 0.123 e. The number of halogens is 1. The van der Waals surface area contributed by atoms with Crippen molar-refractivity contribution in [3.05, 3.63) is 59.2 Å². The third-order valence-electron chi connectivity index (χ3n) is 2.40. The fourth-order valence-corrected chi connectivity index (χ4v) is 1.58. The van der Waals surface area contributed by atoms with Gasteiger partial charge in [-0.05, 0) is 30.7 Å². The summed E-state index contributed by atoms with van der Waals surface area (Å²) in [4.78, 5) is 4.11. The predicted molar refractivity (Wildman–Crippen MR) is 65.7 cm³/mol. The normalized spacial score (nSPS) is 10.2. The van der Waals surface area contributed by atoms with Crippen LogP contribution in [0.15, 0.2) is 36.5 Å². The van der Waals surface area contributed by atoms with Gasteiger partial charge in [-0.25, -0.2) is 4.39 Å².